The molecule has 2 atom stereocenters. The molecule has 2 amide bonds. The van der Waals surface area contributed by atoms with Gasteiger partial charge in [0.1, 0.15) is 5.75 Å². The first-order valence-corrected chi connectivity index (χ1v) is 8.51. The van der Waals surface area contributed by atoms with Crippen LogP contribution in [-0.4, -0.2) is 30.5 Å². The third kappa shape index (κ3) is 8.23. The number of amides is 2. The quantitative estimate of drug-likeness (QED) is 0.621. The van der Waals surface area contributed by atoms with Crippen molar-refractivity contribution < 1.29 is 14.3 Å². The minimum Gasteiger partial charge on any atom is -0.484 e. The maximum absolute atomic E-state index is 11.8. The maximum atomic E-state index is 11.8. The molecule has 0 radical (unpaired) electrons. The van der Waals surface area contributed by atoms with Crippen LogP contribution < -0.4 is 21.1 Å². The Morgan fingerprint density at radius 3 is 2.40 bits per heavy atom. The van der Waals surface area contributed by atoms with E-state index >= 15 is 0 Å². The molecule has 1 aliphatic rings. The molecule has 140 valence electrons. The number of hydrogen-bond donors (Lipinski definition) is 3. The second-order valence-electron chi connectivity index (χ2n) is 6.50. The number of nitrogens with one attached hydrogen (secondary N) is 2. The van der Waals surface area contributed by atoms with E-state index in [1.54, 1.807) is 0 Å². The van der Waals surface area contributed by atoms with E-state index in [4.69, 9.17) is 10.5 Å². The average Bonchev–Trinajstić information content (AvgIpc) is 3.35. The van der Waals surface area contributed by atoms with E-state index in [1.165, 1.54) is 0 Å². The molecule has 0 saturated heterocycles. The van der Waals surface area contributed by atoms with Gasteiger partial charge >= 0.3 is 0 Å². The summed E-state index contributed by atoms with van der Waals surface area (Å²) >= 11 is 0. The van der Waals surface area contributed by atoms with E-state index in [-0.39, 0.29) is 42.9 Å². The molecule has 0 spiro atoms. The Kier molecular flexibility index (Phi) is 8.72. The Morgan fingerprint density at radius 2 is 1.84 bits per heavy atom. The number of carbonyl (C=O) groups excluding carboxylic acids is 2. The Balaban J connectivity index is 0.00000312. The van der Waals surface area contributed by atoms with Crippen LogP contribution in [0, 0.1) is 0 Å². The molecule has 25 heavy (non-hydrogen) atoms. The van der Waals surface area contributed by atoms with Gasteiger partial charge in [-0.25, -0.2) is 0 Å². The van der Waals surface area contributed by atoms with E-state index in [2.05, 4.69) is 10.6 Å². The monoisotopic (exact) mass is 369 g/mol. The normalized spacial score (nSPS) is 15.5. The summed E-state index contributed by atoms with van der Waals surface area (Å²) in [5.41, 5.74) is 6.64. The Labute approximate surface area is 155 Å². The Bertz CT molecular complexity index is 559. The lowest BCUT2D eigenvalue weighted by atomic mass is 10.1. The van der Waals surface area contributed by atoms with E-state index in [1.807, 2.05) is 38.1 Å². The van der Waals surface area contributed by atoms with Crippen molar-refractivity contribution in [2.75, 3.05) is 6.61 Å². The number of nitrogens with two attached hydrogens (primary N) is 1. The zero-order chi connectivity index (χ0) is 17.5. The highest BCUT2D eigenvalue weighted by Gasteiger charge is 2.23. The number of ether oxygens (including phenoxy) is 1. The van der Waals surface area contributed by atoms with Gasteiger partial charge in [-0.2, -0.15) is 0 Å². The first kappa shape index (κ1) is 21.3. The summed E-state index contributed by atoms with van der Waals surface area (Å²) < 4.78 is 5.46. The second kappa shape index (κ2) is 10.3. The van der Waals surface area contributed by atoms with Crippen LogP contribution in [0.2, 0.25) is 0 Å². The van der Waals surface area contributed by atoms with Crippen LogP contribution in [0.15, 0.2) is 24.3 Å². The third-order valence-electron chi connectivity index (χ3n) is 3.90. The van der Waals surface area contributed by atoms with E-state index < -0.39 is 0 Å². The molecule has 6 nitrogen and oxygen atoms in total. The van der Waals surface area contributed by atoms with Crippen molar-refractivity contribution in [2.45, 2.75) is 57.7 Å². The highest BCUT2D eigenvalue weighted by Crippen LogP contribution is 2.19. The van der Waals surface area contributed by atoms with Crippen LogP contribution >= 0.6 is 12.4 Å². The lowest BCUT2D eigenvalue weighted by Crippen LogP contribution is -2.30. The second-order valence-corrected chi connectivity index (χ2v) is 6.50. The summed E-state index contributed by atoms with van der Waals surface area (Å²) in [6, 6.07) is 7.69. The van der Waals surface area contributed by atoms with Gasteiger partial charge in [0.15, 0.2) is 6.61 Å². The van der Waals surface area contributed by atoms with E-state index in [9.17, 15) is 9.59 Å². The fourth-order valence-electron chi connectivity index (χ4n) is 2.25. The standard InChI is InChI=1S/C18H27N3O3.ClH/c1-12(19)3-10-17(22)20-13(2)14-4-8-16(9-5-14)24-11-18(23)21-15-6-7-15;/h4-5,8-9,12-13,15H,3,6-7,10-11,19H2,1-2H3,(H,20,22)(H,21,23);1H. The SMILES string of the molecule is CC(N)CCC(=O)NC(C)c1ccc(OCC(=O)NC2CC2)cc1.Cl. The van der Waals surface area contributed by atoms with Crippen molar-refractivity contribution in [3.63, 3.8) is 0 Å². The number of halogens is 1. The summed E-state index contributed by atoms with van der Waals surface area (Å²) in [7, 11) is 0. The van der Waals surface area contributed by atoms with Gasteiger partial charge in [0, 0.05) is 18.5 Å². The van der Waals surface area contributed by atoms with Crippen molar-refractivity contribution in [1.29, 1.82) is 0 Å². The molecule has 0 aliphatic heterocycles. The molecule has 1 saturated carbocycles. The van der Waals surface area contributed by atoms with Crippen molar-refractivity contribution in [2.24, 2.45) is 5.73 Å². The Hall–Kier alpha value is -1.79. The predicted octanol–water partition coefficient (Wildman–Crippen LogP) is 2.07. The third-order valence-corrected chi connectivity index (χ3v) is 3.90. The van der Waals surface area contributed by atoms with Crippen LogP contribution in [0.1, 0.15) is 51.1 Å². The summed E-state index contributed by atoms with van der Waals surface area (Å²) in [6.45, 7) is 3.85. The molecule has 1 aromatic rings. The molecule has 2 unspecified atom stereocenters. The minimum absolute atomic E-state index is 0. The van der Waals surface area contributed by atoms with Crippen molar-refractivity contribution in [3.8, 4) is 5.75 Å². The summed E-state index contributed by atoms with van der Waals surface area (Å²) in [4.78, 5) is 23.4. The molecule has 7 heteroatoms. The van der Waals surface area contributed by atoms with Gasteiger partial charge in [0.25, 0.3) is 5.91 Å². The smallest absolute Gasteiger partial charge is 0.258 e. The van der Waals surface area contributed by atoms with Gasteiger partial charge in [0.05, 0.1) is 6.04 Å². The fraction of sp³-hybridized carbons (Fsp3) is 0.556. The zero-order valence-electron chi connectivity index (χ0n) is 14.8. The maximum Gasteiger partial charge on any atom is 0.258 e. The number of rotatable bonds is 9. The van der Waals surface area contributed by atoms with E-state index in [0.29, 0.717) is 24.6 Å². The lowest BCUT2D eigenvalue weighted by Gasteiger charge is -2.15. The topological polar surface area (TPSA) is 93.5 Å². The molecule has 1 fully saturated rings. The first-order valence-electron chi connectivity index (χ1n) is 8.51. The van der Waals surface area contributed by atoms with Gasteiger partial charge < -0.3 is 21.1 Å². The molecule has 0 bridgehead atoms. The summed E-state index contributed by atoms with van der Waals surface area (Å²) in [5, 5.41) is 5.83. The van der Waals surface area contributed by atoms with Gasteiger partial charge in [-0.1, -0.05) is 12.1 Å². The molecule has 1 aliphatic carbocycles. The molecular formula is C18H28ClN3O3. The van der Waals surface area contributed by atoms with Crippen molar-refractivity contribution in [1.82, 2.24) is 10.6 Å². The lowest BCUT2D eigenvalue weighted by molar-refractivity contribution is -0.123. The summed E-state index contributed by atoms with van der Waals surface area (Å²) in [6.07, 6.45) is 3.23. The number of carbonyl (C=O) groups is 2. The largest absolute Gasteiger partial charge is 0.484 e. The minimum atomic E-state index is -0.0867. The number of benzene rings is 1. The van der Waals surface area contributed by atoms with Gasteiger partial charge in [0.2, 0.25) is 5.91 Å². The van der Waals surface area contributed by atoms with Crippen molar-refractivity contribution >= 4 is 24.2 Å². The number of hydrogen-bond acceptors (Lipinski definition) is 4. The van der Waals surface area contributed by atoms with Crippen LogP contribution in [0.5, 0.6) is 5.75 Å². The van der Waals surface area contributed by atoms with Crippen LogP contribution in [0.25, 0.3) is 0 Å². The first-order chi connectivity index (χ1) is 11.4. The molecule has 4 N–H and O–H groups in total. The van der Waals surface area contributed by atoms with Crippen LogP contribution in [0.4, 0.5) is 0 Å². The molecule has 1 aromatic carbocycles. The fourth-order valence-corrected chi connectivity index (χ4v) is 2.25. The van der Waals surface area contributed by atoms with Crippen molar-refractivity contribution in [3.05, 3.63) is 29.8 Å². The molecular weight excluding hydrogens is 342 g/mol. The highest BCUT2D eigenvalue weighted by molar-refractivity contribution is 5.85. The summed E-state index contributed by atoms with van der Waals surface area (Å²) in [5.74, 6) is 0.549. The van der Waals surface area contributed by atoms with Crippen LogP contribution in [0.3, 0.4) is 0 Å². The molecule has 2 rings (SSSR count). The molecule has 0 heterocycles. The predicted molar refractivity (Wildman–Crippen MR) is 99.8 cm³/mol. The zero-order valence-corrected chi connectivity index (χ0v) is 15.6. The van der Waals surface area contributed by atoms with Gasteiger partial charge in [-0.15, -0.1) is 12.4 Å². The highest BCUT2D eigenvalue weighted by atomic mass is 35.5. The van der Waals surface area contributed by atoms with Gasteiger partial charge in [-0.05, 0) is 50.8 Å². The Morgan fingerprint density at radius 1 is 1.20 bits per heavy atom. The van der Waals surface area contributed by atoms with Gasteiger partial charge in [-0.3, -0.25) is 9.59 Å². The van der Waals surface area contributed by atoms with E-state index in [0.717, 1.165) is 18.4 Å². The molecule has 0 aromatic heterocycles. The average molecular weight is 370 g/mol. The van der Waals surface area contributed by atoms with Crippen LogP contribution in [-0.2, 0) is 9.59 Å².